The van der Waals surface area contributed by atoms with Gasteiger partial charge in [0.25, 0.3) is 11.8 Å². The van der Waals surface area contributed by atoms with Crippen molar-refractivity contribution in [1.82, 2.24) is 15.0 Å². The van der Waals surface area contributed by atoms with Crippen LogP contribution in [0.2, 0.25) is 0 Å². The van der Waals surface area contributed by atoms with E-state index in [1.807, 2.05) is 36.4 Å². The zero-order valence-electron chi connectivity index (χ0n) is 13.5. The maximum absolute atomic E-state index is 12.6. The summed E-state index contributed by atoms with van der Waals surface area (Å²) in [5.41, 5.74) is 3.90. The maximum Gasteiger partial charge on any atom is 0.266 e. The van der Waals surface area contributed by atoms with Crippen molar-refractivity contribution in [2.45, 2.75) is 0 Å². The number of amides is 2. The summed E-state index contributed by atoms with van der Waals surface area (Å²) < 4.78 is 1.72. The molecule has 0 aliphatic carbocycles. The molecule has 124 valence electrons. The van der Waals surface area contributed by atoms with E-state index in [-0.39, 0.29) is 11.8 Å². The molecule has 2 amide bonds. The minimum atomic E-state index is -0.301. The minimum Gasteiger partial charge on any atom is -0.268 e. The van der Waals surface area contributed by atoms with Crippen molar-refractivity contribution in [3.63, 3.8) is 0 Å². The number of anilines is 1. The van der Waals surface area contributed by atoms with Gasteiger partial charge >= 0.3 is 0 Å². The van der Waals surface area contributed by atoms with E-state index in [0.29, 0.717) is 16.8 Å². The van der Waals surface area contributed by atoms with Gasteiger partial charge in [-0.2, -0.15) is 0 Å². The van der Waals surface area contributed by atoms with Gasteiger partial charge in [0, 0.05) is 0 Å². The lowest BCUT2D eigenvalue weighted by Gasteiger charge is -2.14. The van der Waals surface area contributed by atoms with Crippen LogP contribution in [0.25, 0.3) is 16.7 Å². The highest BCUT2D eigenvalue weighted by Gasteiger charge is 2.36. The molecule has 3 aromatic carbocycles. The van der Waals surface area contributed by atoms with Crippen molar-refractivity contribution in [3.05, 3.63) is 83.9 Å². The number of fused-ring (bicyclic) bond motifs is 2. The lowest BCUT2D eigenvalue weighted by Crippen LogP contribution is -2.29. The van der Waals surface area contributed by atoms with Crippen molar-refractivity contribution >= 4 is 28.5 Å². The van der Waals surface area contributed by atoms with Crippen molar-refractivity contribution in [3.8, 4) is 5.69 Å². The summed E-state index contributed by atoms with van der Waals surface area (Å²) in [6.07, 6.45) is 0. The molecule has 0 fully saturated rings. The van der Waals surface area contributed by atoms with Gasteiger partial charge in [-0.25, -0.2) is 9.58 Å². The zero-order chi connectivity index (χ0) is 17.7. The molecule has 0 N–H and O–H groups in total. The van der Waals surface area contributed by atoms with E-state index in [1.165, 1.54) is 4.90 Å². The standard InChI is InChI=1S/C20H12N4O2/c25-19-15-5-1-2-6-16(15)20(26)23(19)13-9-11-14(12-10-13)24-18-8-4-3-7-17(18)21-22-24/h1-12H. The smallest absolute Gasteiger partial charge is 0.266 e. The van der Waals surface area contributed by atoms with E-state index in [0.717, 1.165) is 16.7 Å². The number of hydrogen-bond acceptors (Lipinski definition) is 4. The van der Waals surface area contributed by atoms with E-state index >= 15 is 0 Å². The van der Waals surface area contributed by atoms with Crippen LogP contribution in [0.5, 0.6) is 0 Å². The van der Waals surface area contributed by atoms with Gasteiger partial charge in [-0.1, -0.05) is 29.5 Å². The number of carbonyl (C=O) groups is 2. The Labute approximate surface area is 148 Å². The number of nitrogens with zero attached hydrogens (tertiary/aromatic N) is 4. The number of carbonyl (C=O) groups excluding carboxylic acids is 2. The molecule has 5 rings (SSSR count). The highest BCUT2D eigenvalue weighted by atomic mass is 16.2. The number of imide groups is 1. The lowest BCUT2D eigenvalue weighted by molar-refractivity contribution is 0.0926. The van der Waals surface area contributed by atoms with Gasteiger partial charge in [0.05, 0.1) is 28.0 Å². The van der Waals surface area contributed by atoms with Crippen LogP contribution < -0.4 is 4.90 Å². The Morgan fingerprint density at radius 3 is 1.92 bits per heavy atom. The molecule has 0 unspecified atom stereocenters. The monoisotopic (exact) mass is 340 g/mol. The average molecular weight is 340 g/mol. The Bertz CT molecular complexity index is 1140. The molecule has 0 saturated carbocycles. The largest absolute Gasteiger partial charge is 0.268 e. The number of aromatic nitrogens is 3. The molecular formula is C20H12N4O2. The second-order valence-electron chi connectivity index (χ2n) is 6.00. The van der Waals surface area contributed by atoms with Crippen LogP contribution in [-0.4, -0.2) is 26.8 Å². The summed E-state index contributed by atoms with van der Waals surface area (Å²) in [7, 11) is 0. The molecule has 6 heteroatoms. The fraction of sp³-hybridized carbons (Fsp3) is 0. The van der Waals surface area contributed by atoms with Crippen molar-refractivity contribution < 1.29 is 9.59 Å². The van der Waals surface area contributed by atoms with E-state index in [1.54, 1.807) is 41.1 Å². The Hall–Kier alpha value is -3.80. The molecule has 1 aromatic heterocycles. The van der Waals surface area contributed by atoms with Gasteiger partial charge in [0.2, 0.25) is 0 Å². The van der Waals surface area contributed by atoms with Crippen LogP contribution in [0.4, 0.5) is 5.69 Å². The van der Waals surface area contributed by atoms with Gasteiger partial charge < -0.3 is 0 Å². The van der Waals surface area contributed by atoms with Crippen LogP contribution in [0.1, 0.15) is 20.7 Å². The first-order valence-corrected chi connectivity index (χ1v) is 8.13. The third-order valence-corrected chi connectivity index (χ3v) is 4.50. The molecular weight excluding hydrogens is 328 g/mol. The van der Waals surface area contributed by atoms with Crippen molar-refractivity contribution in [1.29, 1.82) is 0 Å². The summed E-state index contributed by atoms with van der Waals surface area (Å²) >= 11 is 0. The predicted molar refractivity (Wildman–Crippen MR) is 96.4 cm³/mol. The van der Waals surface area contributed by atoms with Crippen LogP contribution in [0, 0.1) is 0 Å². The normalized spacial score (nSPS) is 13.5. The first-order valence-electron chi connectivity index (χ1n) is 8.13. The summed E-state index contributed by atoms with van der Waals surface area (Å²) in [5, 5.41) is 8.31. The maximum atomic E-state index is 12.6. The van der Waals surface area contributed by atoms with Gasteiger partial charge in [-0.05, 0) is 48.5 Å². The topological polar surface area (TPSA) is 68.1 Å². The number of rotatable bonds is 2. The summed E-state index contributed by atoms with van der Waals surface area (Å²) in [6, 6.07) is 21.7. The SMILES string of the molecule is O=C1c2ccccc2C(=O)N1c1ccc(-n2nnc3ccccc32)cc1. The Balaban J connectivity index is 1.53. The van der Waals surface area contributed by atoms with Crippen LogP contribution in [-0.2, 0) is 0 Å². The molecule has 0 atom stereocenters. The fourth-order valence-electron chi connectivity index (χ4n) is 3.23. The Kier molecular flexibility index (Phi) is 2.99. The van der Waals surface area contributed by atoms with E-state index in [9.17, 15) is 9.59 Å². The highest BCUT2D eigenvalue weighted by Crippen LogP contribution is 2.29. The summed E-state index contributed by atoms with van der Waals surface area (Å²) in [6.45, 7) is 0. The molecule has 4 aromatic rings. The lowest BCUT2D eigenvalue weighted by atomic mass is 10.1. The Morgan fingerprint density at radius 2 is 1.23 bits per heavy atom. The van der Waals surface area contributed by atoms with Gasteiger partial charge in [0.15, 0.2) is 0 Å². The van der Waals surface area contributed by atoms with Crippen LogP contribution in [0.15, 0.2) is 72.8 Å². The molecule has 26 heavy (non-hydrogen) atoms. The number of para-hydroxylation sites is 1. The molecule has 1 aliphatic rings. The number of benzene rings is 3. The molecule has 6 nitrogen and oxygen atoms in total. The highest BCUT2D eigenvalue weighted by molar-refractivity contribution is 6.34. The average Bonchev–Trinajstić information content (AvgIpc) is 3.22. The fourth-order valence-corrected chi connectivity index (χ4v) is 3.23. The second-order valence-corrected chi connectivity index (χ2v) is 6.00. The summed E-state index contributed by atoms with van der Waals surface area (Å²) in [5.74, 6) is -0.603. The molecule has 0 saturated heterocycles. The predicted octanol–water partition coefficient (Wildman–Crippen LogP) is 3.22. The molecule has 0 spiro atoms. The van der Waals surface area contributed by atoms with Crippen molar-refractivity contribution in [2.75, 3.05) is 4.90 Å². The van der Waals surface area contributed by atoms with E-state index < -0.39 is 0 Å². The minimum absolute atomic E-state index is 0.301. The van der Waals surface area contributed by atoms with Gasteiger partial charge in [-0.3, -0.25) is 9.59 Å². The third-order valence-electron chi connectivity index (χ3n) is 4.50. The molecule has 0 bridgehead atoms. The molecule has 0 radical (unpaired) electrons. The molecule has 2 heterocycles. The van der Waals surface area contributed by atoms with Gasteiger partial charge in [-0.15, -0.1) is 5.10 Å². The zero-order valence-corrected chi connectivity index (χ0v) is 13.5. The van der Waals surface area contributed by atoms with Gasteiger partial charge in [0.1, 0.15) is 5.52 Å². The van der Waals surface area contributed by atoms with Crippen molar-refractivity contribution in [2.24, 2.45) is 0 Å². The number of hydrogen-bond donors (Lipinski definition) is 0. The first-order chi connectivity index (χ1) is 12.7. The van der Waals surface area contributed by atoms with Crippen LogP contribution in [0.3, 0.4) is 0 Å². The van der Waals surface area contributed by atoms with Crippen LogP contribution >= 0.6 is 0 Å². The molecule has 1 aliphatic heterocycles. The van der Waals surface area contributed by atoms with E-state index in [4.69, 9.17) is 0 Å². The quantitative estimate of drug-likeness (QED) is 0.526. The second kappa shape index (κ2) is 5.35. The van der Waals surface area contributed by atoms with E-state index in [2.05, 4.69) is 10.3 Å². The third kappa shape index (κ3) is 1.99. The Morgan fingerprint density at radius 1 is 0.654 bits per heavy atom. The first kappa shape index (κ1) is 14.5. The summed E-state index contributed by atoms with van der Waals surface area (Å²) in [4.78, 5) is 26.3.